The summed E-state index contributed by atoms with van der Waals surface area (Å²) in [4.78, 5) is 12.3. The highest BCUT2D eigenvalue weighted by atomic mass is 32.1. The third-order valence-corrected chi connectivity index (χ3v) is 3.64. The molecule has 0 saturated heterocycles. The van der Waals surface area contributed by atoms with E-state index in [9.17, 15) is 4.79 Å². The van der Waals surface area contributed by atoms with Gasteiger partial charge in [0.1, 0.15) is 5.75 Å². The summed E-state index contributed by atoms with van der Waals surface area (Å²) in [7, 11) is 0. The largest absolute Gasteiger partial charge is 0.484 e. The van der Waals surface area contributed by atoms with Crippen molar-refractivity contribution in [3.63, 3.8) is 0 Å². The Morgan fingerprint density at radius 3 is 2.79 bits per heavy atom. The fourth-order valence-electron chi connectivity index (χ4n) is 2.39. The molecule has 0 spiro atoms. The molecule has 0 heterocycles. The van der Waals surface area contributed by atoms with Crippen LogP contribution in [0.2, 0.25) is 0 Å². The number of nitrogens with one attached hydrogen (secondary N) is 1. The predicted octanol–water partition coefficient (Wildman–Crippen LogP) is 1.64. The SMILES string of the molecule is NC(=S)C1CCCC1NC(=O)COc1ccccc1. The van der Waals surface area contributed by atoms with Gasteiger partial charge in [-0.05, 0) is 25.0 Å². The molecule has 1 saturated carbocycles. The maximum Gasteiger partial charge on any atom is 0.258 e. The van der Waals surface area contributed by atoms with Gasteiger partial charge in [0, 0.05) is 12.0 Å². The Hall–Kier alpha value is -1.62. The van der Waals surface area contributed by atoms with Crippen LogP contribution in [0.1, 0.15) is 19.3 Å². The maximum atomic E-state index is 11.8. The molecule has 1 amide bonds. The minimum atomic E-state index is -0.128. The molecule has 0 aliphatic heterocycles. The zero-order valence-corrected chi connectivity index (χ0v) is 11.5. The molecule has 102 valence electrons. The molecular formula is C14H18N2O2S. The number of ether oxygens (including phenoxy) is 1. The lowest BCUT2D eigenvalue weighted by Crippen LogP contribution is -2.43. The van der Waals surface area contributed by atoms with Gasteiger partial charge < -0.3 is 15.8 Å². The molecule has 0 aromatic heterocycles. The Labute approximate surface area is 118 Å². The number of amides is 1. The molecule has 1 aromatic rings. The van der Waals surface area contributed by atoms with Crippen LogP contribution in [0.4, 0.5) is 0 Å². The molecule has 0 radical (unpaired) electrons. The summed E-state index contributed by atoms with van der Waals surface area (Å²) in [5.41, 5.74) is 5.68. The number of carbonyl (C=O) groups is 1. The molecule has 4 nitrogen and oxygen atoms in total. The van der Waals surface area contributed by atoms with E-state index in [0.29, 0.717) is 10.7 Å². The summed E-state index contributed by atoms with van der Waals surface area (Å²) in [6, 6.07) is 9.34. The van der Waals surface area contributed by atoms with Gasteiger partial charge in [0.25, 0.3) is 5.91 Å². The third-order valence-electron chi connectivity index (χ3n) is 3.34. The van der Waals surface area contributed by atoms with Crippen molar-refractivity contribution in [1.82, 2.24) is 5.32 Å². The van der Waals surface area contributed by atoms with Crippen LogP contribution in [0.25, 0.3) is 0 Å². The molecular weight excluding hydrogens is 260 g/mol. The fraction of sp³-hybridized carbons (Fsp3) is 0.429. The van der Waals surface area contributed by atoms with Crippen LogP contribution >= 0.6 is 12.2 Å². The Bertz CT molecular complexity index is 450. The van der Waals surface area contributed by atoms with Crippen LogP contribution in [0.3, 0.4) is 0 Å². The first kappa shape index (κ1) is 13.8. The molecule has 1 fully saturated rings. The van der Waals surface area contributed by atoms with Crippen molar-refractivity contribution in [3.05, 3.63) is 30.3 Å². The summed E-state index contributed by atoms with van der Waals surface area (Å²) >= 11 is 5.02. The monoisotopic (exact) mass is 278 g/mol. The lowest BCUT2D eigenvalue weighted by molar-refractivity contribution is -0.123. The fourth-order valence-corrected chi connectivity index (χ4v) is 2.67. The number of rotatable bonds is 5. The average Bonchev–Trinajstić information content (AvgIpc) is 2.86. The second-order valence-corrected chi connectivity index (χ2v) is 5.19. The maximum absolute atomic E-state index is 11.8. The van der Waals surface area contributed by atoms with Crippen molar-refractivity contribution in [2.45, 2.75) is 25.3 Å². The molecule has 1 aromatic carbocycles. The van der Waals surface area contributed by atoms with E-state index < -0.39 is 0 Å². The first-order valence-corrected chi connectivity index (χ1v) is 6.84. The van der Waals surface area contributed by atoms with Crippen molar-refractivity contribution >= 4 is 23.1 Å². The predicted molar refractivity (Wildman–Crippen MR) is 78.0 cm³/mol. The first-order valence-electron chi connectivity index (χ1n) is 6.43. The van der Waals surface area contributed by atoms with Gasteiger partial charge in [-0.3, -0.25) is 4.79 Å². The zero-order valence-electron chi connectivity index (χ0n) is 10.7. The number of carbonyl (C=O) groups excluding carboxylic acids is 1. The minimum absolute atomic E-state index is 0.0184. The second kappa shape index (κ2) is 6.52. The van der Waals surface area contributed by atoms with E-state index in [2.05, 4.69) is 5.32 Å². The van der Waals surface area contributed by atoms with Crippen molar-refractivity contribution in [2.75, 3.05) is 6.61 Å². The minimum Gasteiger partial charge on any atom is -0.484 e. The van der Waals surface area contributed by atoms with E-state index in [1.54, 1.807) is 0 Å². The molecule has 0 bridgehead atoms. The van der Waals surface area contributed by atoms with Gasteiger partial charge in [0.15, 0.2) is 6.61 Å². The van der Waals surface area contributed by atoms with Gasteiger partial charge in [-0.15, -0.1) is 0 Å². The lowest BCUT2D eigenvalue weighted by Gasteiger charge is -2.19. The van der Waals surface area contributed by atoms with Crippen LogP contribution < -0.4 is 15.8 Å². The molecule has 2 unspecified atom stereocenters. The van der Waals surface area contributed by atoms with E-state index in [1.165, 1.54) is 0 Å². The Kier molecular flexibility index (Phi) is 4.74. The Morgan fingerprint density at radius 2 is 2.11 bits per heavy atom. The Morgan fingerprint density at radius 1 is 1.37 bits per heavy atom. The highest BCUT2D eigenvalue weighted by Crippen LogP contribution is 2.25. The van der Waals surface area contributed by atoms with Crippen molar-refractivity contribution in [3.8, 4) is 5.75 Å². The van der Waals surface area contributed by atoms with Crippen LogP contribution in [0.15, 0.2) is 30.3 Å². The van der Waals surface area contributed by atoms with E-state index in [-0.39, 0.29) is 24.5 Å². The number of hydrogen-bond donors (Lipinski definition) is 2. The van der Waals surface area contributed by atoms with Gasteiger partial charge in [-0.25, -0.2) is 0 Å². The summed E-state index contributed by atoms with van der Waals surface area (Å²) < 4.78 is 5.40. The van der Waals surface area contributed by atoms with Crippen LogP contribution in [0.5, 0.6) is 5.75 Å². The third kappa shape index (κ3) is 3.92. The standard InChI is InChI=1S/C14H18N2O2S/c15-14(19)11-7-4-8-12(11)16-13(17)9-18-10-5-2-1-3-6-10/h1-3,5-6,11-12H,4,7-9H2,(H2,15,19)(H,16,17). The number of para-hydroxylation sites is 1. The van der Waals surface area contributed by atoms with Gasteiger partial charge in [0.2, 0.25) is 0 Å². The van der Waals surface area contributed by atoms with Gasteiger partial charge in [-0.2, -0.15) is 0 Å². The smallest absolute Gasteiger partial charge is 0.258 e. The number of hydrogen-bond acceptors (Lipinski definition) is 3. The normalized spacial score (nSPS) is 21.9. The summed E-state index contributed by atoms with van der Waals surface area (Å²) in [5, 5.41) is 2.95. The summed E-state index contributed by atoms with van der Waals surface area (Å²) in [6.07, 6.45) is 2.94. The van der Waals surface area contributed by atoms with Crippen molar-refractivity contribution < 1.29 is 9.53 Å². The molecule has 2 atom stereocenters. The highest BCUT2D eigenvalue weighted by Gasteiger charge is 2.30. The summed E-state index contributed by atoms with van der Waals surface area (Å²) in [5.74, 6) is 0.683. The summed E-state index contributed by atoms with van der Waals surface area (Å²) in [6.45, 7) is 0.0184. The molecule has 1 aliphatic rings. The van der Waals surface area contributed by atoms with Crippen molar-refractivity contribution in [1.29, 1.82) is 0 Å². The molecule has 19 heavy (non-hydrogen) atoms. The Balaban J connectivity index is 1.80. The molecule has 2 rings (SSSR count). The van der Waals surface area contributed by atoms with Gasteiger partial charge in [-0.1, -0.05) is 36.8 Å². The zero-order chi connectivity index (χ0) is 13.7. The first-order chi connectivity index (χ1) is 9.16. The van der Waals surface area contributed by atoms with E-state index in [1.807, 2.05) is 30.3 Å². The van der Waals surface area contributed by atoms with Crippen LogP contribution in [-0.4, -0.2) is 23.5 Å². The number of benzene rings is 1. The van der Waals surface area contributed by atoms with Crippen molar-refractivity contribution in [2.24, 2.45) is 11.7 Å². The average molecular weight is 278 g/mol. The lowest BCUT2D eigenvalue weighted by atomic mass is 10.0. The quantitative estimate of drug-likeness (QED) is 0.804. The highest BCUT2D eigenvalue weighted by molar-refractivity contribution is 7.80. The molecule has 1 aliphatic carbocycles. The topological polar surface area (TPSA) is 64.3 Å². The van der Waals surface area contributed by atoms with E-state index in [0.717, 1.165) is 19.3 Å². The van der Waals surface area contributed by atoms with Crippen LogP contribution in [-0.2, 0) is 4.79 Å². The molecule has 5 heteroatoms. The van der Waals surface area contributed by atoms with Gasteiger partial charge >= 0.3 is 0 Å². The van der Waals surface area contributed by atoms with Crippen LogP contribution in [0, 0.1) is 5.92 Å². The molecule has 3 N–H and O–H groups in total. The number of nitrogens with two attached hydrogens (primary N) is 1. The number of thiocarbonyl (C=S) groups is 1. The van der Waals surface area contributed by atoms with Gasteiger partial charge in [0.05, 0.1) is 4.99 Å². The van der Waals surface area contributed by atoms with E-state index >= 15 is 0 Å². The second-order valence-electron chi connectivity index (χ2n) is 4.72. The van der Waals surface area contributed by atoms with E-state index in [4.69, 9.17) is 22.7 Å².